The van der Waals surface area contributed by atoms with Gasteiger partial charge in [0, 0.05) is 23.2 Å². The van der Waals surface area contributed by atoms with E-state index in [9.17, 15) is 4.79 Å². The highest BCUT2D eigenvalue weighted by molar-refractivity contribution is 7.99. The fourth-order valence-corrected chi connectivity index (χ4v) is 3.75. The van der Waals surface area contributed by atoms with Crippen LogP contribution in [0.2, 0.25) is 0 Å². The Hall–Kier alpha value is -0.900. The fraction of sp³-hybridized carbons (Fsp3) is 0.615. The number of aryl methyl sites for hydroxylation is 1. The minimum atomic E-state index is -0.819. The topological polar surface area (TPSA) is 42.2 Å². The third-order valence-electron chi connectivity index (χ3n) is 3.46. The maximum Gasteiger partial charge on any atom is 0.337 e. The number of carboxylic acid groups (broad SMARTS) is 1. The van der Waals surface area contributed by atoms with E-state index in [2.05, 4.69) is 4.57 Å². The lowest BCUT2D eigenvalue weighted by Gasteiger charge is -2.23. The van der Waals surface area contributed by atoms with Gasteiger partial charge in [-0.3, -0.25) is 0 Å². The summed E-state index contributed by atoms with van der Waals surface area (Å²) in [6.07, 6.45) is 3.89. The van der Waals surface area contributed by atoms with Crippen molar-refractivity contribution < 1.29 is 9.90 Å². The maximum atomic E-state index is 11.1. The quantitative estimate of drug-likeness (QED) is 0.900. The molecule has 4 heteroatoms. The number of aromatic nitrogens is 1. The van der Waals surface area contributed by atoms with Crippen molar-refractivity contribution in [3.63, 3.8) is 0 Å². The van der Waals surface area contributed by atoms with Gasteiger partial charge in [-0.05, 0) is 38.5 Å². The summed E-state index contributed by atoms with van der Waals surface area (Å²) >= 11 is 2.02. The van der Waals surface area contributed by atoms with E-state index in [1.165, 1.54) is 25.0 Å². The average Bonchev–Trinajstić information content (AvgIpc) is 2.58. The molecule has 1 aromatic heterocycles. The molecule has 1 saturated heterocycles. The second-order valence-corrected chi connectivity index (χ2v) is 6.10. The Labute approximate surface area is 106 Å². The van der Waals surface area contributed by atoms with E-state index < -0.39 is 5.97 Å². The van der Waals surface area contributed by atoms with Crippen LogP contribution in [-0.2, 0) is 6.54 Å². The predicted octanol–water partition coefficient (Wildman–Crippen LogP) is 3.09. The van der Waals surface area contributed by atoms with Gasteiger partial charge in [0.1, 0.15) is 0 Å². The van der Waals surface area contributed by atoms with Gasteiger partial charge in [-0.25, -0.2) is 4.79 Å². The Morgan fingerprint density at radius 1 is 1.53 bits per heavy atom. The molecule has 0 aliphatic carbocycles. The van der Waals surface area contributed by atoms with Crippen molar-refractivity contribution >= 4 is 17.7 Å². The molecule has 94 valence electrons. The van der Waals surface area contributed by atoms with Crippen LogP contribution in [0.4, 0.5) is 0 Å². The Balaban J connectivity index is 2.17. The minimum Gasteiger partial charge on any atom is -0.478 e. The maximum absolute atomic E-state index is 11.1. The van der Waals surface area contributed by atoms with Crippen molar-refractivity contribution in [2.75, 3.05) is 5.75 Å². The molecule has 3 nitrogen and oxygen atoms in total. The number of hydrogen-bond donors (Lipinski definition) is 1. The van der Waals surface area contributed by atoms with Crippen molar-refractivity contribution in [3.8, 4) is 0 Å². The highest BCUT2D eigenvalue weighted by Gasteiger charge is 2.19. The second kappa shape index (κ2) is 5.17. The van der Waals surface area contributed by atoms with Gasteiger partial charge in [0.05, 0.1) is 5.56 Å². The minimum absolute atomic E-state index is 0.448. The first kappa shape index (κ1) is 12.6. The number of nitrogens with zero attached hydrogens (tertiary/aromatic N) is 1. The molecule has 1 aliphatic heterocycles. The van der Waals surface area contributed by atoms with Crippen LogP contribution in [0, 0.1) is 13.8 Å². The normalized spacial score (nSPS) is 20.5. The molecule has 1 unspecified atom stereocenters. The van der Waals surface area contributed by atoms with Crippen LogP contribution in [0.25, 0.3) is 0 Å². The standard InChI is InChI=1S/C13H19NO2S/c1-9-7-12(13(15)16)10(2)14(9)8-11-5-3-4-6-17-11/h7,11H,3-6,8H2,1-2H3,(H,15,16). The van der Waals surface area contributed by atoms with Crippen molar-refractivity contribution in [2.24, 2.45) is 0 Å². The van der Waals surface area contributed by atoms with Gasteiger partial charge in [-0.15, -0.1) is 0 Å². The first-order chi connectivity index (χ1) is 8.09. The van der Waals surface area contributed by atoms with E-state index in [1.807, 2.05) is 25.6 Å². The lowest BCUT2D eigenvalue weighted by molar-refractivity contribution is 0.0696. The molecule has 0 bridgehead atoms. The fourth-order valence-electron chi connectivity index (χ4n) is 2.45. The molecule has 0 amide bonds. The molecular weight excluding hydrogens is 234 g/mol. The predicted molar refractivity (Wildman–Crippen MR) is 71.0 cm³/mol. The third kappa shape index (κ3) is 2.68. The van der Waals surface area contributed by atoms with Gasteiger partial charge < -0.3 is 9.67 Å². The average molecular weight is 253 g/mol. The van der Waals surface area contributed by atoms with Gasteiger partial charge >= 0.3 is 5.97 Å². The molecule has 0 spiro atoms. The summed E-state index contributed by atoms with van der Waals surface area (Å²) in [5.41, 5.74) is 2.40. The Morgan fingerprint density at radius 2 is 2.29 bits per heavy atom. The summed E-state index contributed by atoms with van der Waals surface area (Å²) in [6.45, 7) is 4.85. The molecule has 2 heterocycles. The second-order valence-electron chi connectivity index (χ2n) is 4.69. The molecule has 0 aromatic carbocycles. The zero-order valence-corrected chi connectivity index (χ0v) is 11.2. The van der Waals surface area contributed by atoms with Crippen LogP contribution < -0.4 is 0 Å². The number of thioether (sulfide) groups is 1. The molecule has 2 rings (SSSR count). The van der Waals surface area contributed by atoms with Crippen LogP contribution in [0.15, 0.2) is 6.07 Å². The number of hydrogen-bond acceptors (Lipinski definition) is 2. The zero-order valence-electron chi connectivity index (χ0n) is 10.4. The van der Waals surface area contributed by atoms with Crippen LogP contribution >= 0.6 is 11.8 Å². The van der Waals surface area contributed by atoms with E-state index in [-0.39, 0.29) is 0 Å². The van der Waals surface area contributed by atoms with E-state index in [4.69, 9.17) is 5.11 Å². The van der Waals surface area contributed by atoms with Crippen molar-refractivity contribution in [1.29, 1.82) is 0 Å². The molecular formula is C13H19NO2S. The number of aromatic carboxylic acids is 1. The highest BCUT2D eigenvalue weighted by atomic mass is 32.2. The summed E-state index contributed by atoms with van der Waals surface area (Å²) in [4.78, 5) is 11.1. The number of carbonyl (C=O) groups is 1. The summed E-state index contributed by atoms with van der Waals surface area (Å²) in [7, 11) is 0. The van der Waals surface area contributed by atoms with Gasteiger partial charge in [-0.1, -0.05) is 6.42 Å². The van der Waals surface area contributed by atoms with E-state index in [1.54, 1.807) is 6.07 Å². The van der Waals surface area contributed by atoms with Crippen LogP contribution in [0.5, 0.6) is 0 Å². The molecule has 0 radical (unpaired) electrons. The van der Waals surface area contributed by atoms with E-state index in [0.29, 0.717) is 10.8 Å². The smallest absolute Gasteiger partial charge is 0.337 e. The number of rotatable bonds is 3. The Morgan fingerprint density at radius 3 is 2.82 bits per heavy atom. The molecule has 1 atom stereocenters. The monoisotopic (exact) mass is 253 g/mol. The van der Waals surface area contributed by atoms with Gasteiger partial charge in [0.15, 0.2) is 0 Å². The van der Waals surface area contributed by atoms with E-state index in [0.717, 1.165) is 17.9 Å². The van der Waals surface area contributed by atoms with Gasteiger partial charge in [0.25, 0.3) is 0 Å². The summed E-state index contributed by atoms with van der Waals surface area (Å²) in [5.74, 6) is 0.427. The molecule has 1 aromatic rings. The Kier molecular flexibility index (Phi) is 3.82. The van der Waals surface area contributed by atoms with Gasteiger partial charge in [0.2, 0.25) is 0 Å². The first-order valence-corrected chi connectivity index (χ1v) is 7.16. The number of carboxylic acids is 1. The van der Waals surface area contributed by atoms with Crippen LogP contribution in [-0.4, -0.2) is 26.6 Å². The van der Waals surface area contributed by atoms with Crippen molar-refractivity contribution in [1.82, 2.24) is 4.57 Å². The summed E-state index contributed by atoms with van der Waals surface area (Å²) in [6, 6.07) is 1.78. The molecule has 17 heavy (non-hydrogen) atoms. The van der Waals surface area contributed by atoms with E-state index >= 15 is 0 Å². The lowest BCUT2D eigenvalue weighted by Crippen LogP contribution is -2.18. The highest BCUT2D eigenvalue weighted by Crippen LogP contribution is 2.28. The summed E-state index contributed by atoms with van der Waals surface area (Å²) in [5, 5.41) is 9.74. The molecule has 1 fully saturated rings. The first-order valence-electron chi connectivity index (χ1n) is 6.11. The van der Waals surface area contributed by atoms with Crippen LogP contribution in [0.1, 0.15) is 41.0 Å². The van der Waals surface area contributed by atoms with Crippen LogP contribution in [0.3, 0.4) is 0 Å². The van der Waals surface area contributed by atoms with Gasteiger partial charge in [-0.2, -0.15) is 11.8 Å². The third-order valence-corrected chi connectivity index (χ3v) is 4.84. The SMILES string of the molecule is Cc1cc(C(=O)O)c(C)n1CC1CCCCS1. The molecule has 1 N–H and O–H groups in total. The summed E-state index contributed by atoms with van der Waals surface area (Å²) < 4.78 is 2.16. The Bertz CT molecular complexity index is 419. The van der Waals surface area contributed by atoms with Crippen molar-refractivity contribution in [2.45, 2.75) is 44.9 Å². The largest absolute Gasteiger partial charge is 0.478 e. The van der Waals surface area contributed by atoms with Crippen molar-refractivity contribution in [3.05, 3.63) is 23.0 Å². The zero-order chi connectivity index (χ0) is 12.4. The lowest BCUT2D eigenvalue weighted by atomic mass is 10.2. The molecule has 0 saturated carbocycles. The molecule has 1 aliphatic rings.